The molecule has 5 unspecified atom stereocenters. The minimum atomic E-state index is -0.0286. The van der Waals surface area contributed by atoms with Gasteiger partial charge in [-0.2, -0.15) is 10.1 Å². The lowest BCUT2D eigenvalue weighted by Crippen LogP contribution is -2.54. The van der Waals surface area contributed by atoms with E-state index in [1.165, 1.54) is 62.5 Å². The van der Waals surface area contributed by atoms with E-state index >= 15 is 0 Å². The largest absolute Gasteiger partial charge is 0.290 e. The molecule has 4 heteroatoms. The molecule has 0 spiro atoms. The highest BCUT2D eigenvalue weighted by Crippen LogP contribution is 2.45. The third-order valence-electron chi connectivity index (χ3n) is 11.2. The summed E-state index contributed by atoms with van der Waals surface area (Å²) in [7, 11) is 0. The van der Waals surface area contributed by atoms with E-state index in [0.717, 1.165) is 12.3 Å². The fourth-order valence-electron chi connectivity index (χ4n) is 8.81. The molecule has 2 saturated heterocycles. The first-order valence-corrected chi connectivity index (χ1v) is 18.1. The van der Waals surface area contributed by atoms with Gasteiger partial charge in [0.2, 0.25) is 0 Å². The summed E-state index contributed by atoms with van der Waals surface area (Å²) >= 11 is 0. The number of hydrogen-bond acceptors (Lipinski definition) is 4. The Hall–Kier alpha value is -1.72. The summed E-state index contributed by atoms with van der Waals surface area (Å²) < 4.78 is 0. The summed E-state index contributed by atoms with van der Waals surface area (Å²) in [4.78, 5) is 13.6. The molecule has 4 nitrogen and oxygen atoms in total. The zero-order valence-electron chi connectivity index (χ0n) is 30.7. The lowest BCUT2D eigenvalue weighted by Gasteiger charge is -2.47. The van der Waals surface area contributed by atoms with Gasteiger partial charge >= 0.3 is 0 Å². The van der Waals surface area contributed by atoms with E-state index < -0.39 is 0 Å². The fraction of sp³-hybridized carbons (Fsp3) is 0.707. The van der Waals surface area contributed by atoms with Crippen LogP contribution in [-0.2, 0) is 9.68 Å². The van der Waals surface area contributed by atoms with Crippen LogP contribution in [0.25, 0.3) is 0 Å². The second kappa shape index (κ2) is 14.6. The van der Waals surface area contributed by atoms with Crippen molar-refractivity contribution in [3.05, 3.63) is 71.8 Å². The molecule has 0 bridgehead atoms. The van der Waals surface area contributed by atoms with Gasteiger partial charge in [-0.3, -0.25) is 9.68 Å². The summed E-state index contributed by atoms with van der Waals surface area (Å²) in [5.74, 6) is 2.17. The first kappa shape index (κ1) is 36.1. The molecule has 0 radical (unpaired) electrons. The van der Waals surface area contributed by atoms with Gasteiger partial charge in [0.25, 0.3) is 0 Å². The average molecular weight is 619 g/mol. The Morgan fingerprint density at radius 1 is 0.622 bits per heavy atom. The van der Waals surface area contributed by atoms with Crippen molar-refractivity contribution in [2.75, 3.05) is 0 Å². The van der Waals surface area contributed by atoms with E-state index in [4.69, 9.17) is 9.68 Å². The van der Waals surface area contributed by atoms with Gasteiger partial charge in [0.1, 0.15) is 12.2 Å². The molecule has 0 N–H and O–H groups in total. The number of nitrogens with zero attached hydrogens (tertiary/aromatic N) is 2. The number of hydroxylamine groups is 4. The summed E-state index contributed by atoms with van der Waals surface area (Å²) in [6.45, 7) is 26.0. The molecule has 252 valence electrons. The highest BCUT2D eigenvalue weighted by atomic mass is 16.7. The minimum Gasteiger partial charge on any atom is -0.290 e. The second-order valence-corrected chi connectivity index (χ2v) is 17.2. The number of hydrogen-bond donors (Lipinski definition) is 0. The smallest absolute Gasteiger partial charge is 0.102 e. The first-order valence-electron chi connectivity index (χ1n) is 18.1. The Morgan fingerprint density at radius 2 is 1.07 bits per heavy atom. The molecule has 0 amide bonds. The maximum Gasteiger partial charge on any atom is 0.102 e. The van der Waals surface area contributed by atoms with Crippen LogP contribution < -0.4 is 0 Å². The van der Waals surface area contributed by atoms with Crippen LogP contribution in [0.5, 0.6) is 0 Å². The van der Waals surface area contributed by atoms with Crippen molar-refractivity contribution < 1.29 is 9.68 Å². The standard InChI is InChI=1S/C41H66N2O2/c1-31(37-26-28-39(6,7)43(41(10,11)30-37)45-33(3)36-23-16-13-17-24-36)19-18-20-34-25-27-38(4,5)42(40(8,9)29-34)44-32(2)35-21-14-12-15-22-35/h12-17,21-24,31-34,37H,18-20,25-30H2,1-11H3. The van der Waals surface area contributed by atoms with E-state index in [1.807, 2.05) is 0 Å². The SMILES string of the molecule is CC(ON1C(C)(C)CCC(CCCC(C)C2CCC(C)(C)N(OC(C)c3ccccc3)C(C)(C)C2)CC1(C)C)c1ccccc1. The van der Waals surface area contributed by atoms with E-state index in [1.54, 1.807) is 0 Å². The van der Waals surface area contributed by atoms with E-state index in [2.05, 4.69) is 147 Å². The third-order valence-corrected chi connectivity index (χ3v) is 11.2. The van der Waals surface area contributed by atoms with Crippen molar-refractivity contribution in [1.29, 1.82) is 0 Å². The molecule has 5 atom stereocenters. The lowest BCUT2D eigenvalue weighted by molar-refractivity contribution is -0.290. The highest BCUT2D eigenvalue weighted by Gasteiger charge is 2.46. The van der Waals surface area contributed by atoms with Crippen LogP contribution in [0.15, 0.2) is 60.7 Å². The van der Waals surface area contributed by atoms with Crippen molar-refractivity contribution in [3.8, 4) is 0 Å². The summed E-state index contributed by atoms with van der Waals surface area (Å²) in [5, 5.41) is 4.73. The van der Waals surface area contributed by atoms with Crippen LogP contribution in [-0.4, -0.2) is 32.3 Å². The lowest BCUT2D eigenvalue weighted by atomic mass is 9.78. The van der Waals surface area contributed by atoms with Gasteiger partial charge in [-0.05, 0) is 137 Å². The molecule has 2 aliphatic rings. The van der Waals surface area contributed by atoms with Crippen molar-refractivity contribution in [1.82, 2.24) is 10.1 Å². The summed E-state index contributed by atoms with van der Waals surface area (Å²) in [5.41, 5.74) is 2.42. The Kier molecular flexibility index (Phi) is 11.7. The number of benzene rings is 2. The van der Waals surface area contributed by atoms with Crippen LogP contribution in [0.4, 0.5) is 0 Å². The van der Waals surface area contributed by atoms with Gasteiger partial charge < -0.3 is 0 Å². The third kappa shape index (κ3) is 9.21. The van der Waals surface area contributed by atoms with Crippen molar-refractivity contribution in [2.24, 2.45) is 17.8 Å². The van der Waals surface area contributed by atoms with Gasteiger partial charge in [0, 0.05) is 22.2 Å². The fourth-order valence-corrected chi connectivity index (χ4v) is 8.81. The molecule has 4 rings (SSSR count). The maximum atomic E-state index is 6.80. The molecule has 45 heavy (non-hydrogen) atoms. The average Bonchev–Trinajstić information content (AvgIpc) is 3.13. The topological polar surface area (TPSA) is 24.9 Å². The number of rotatable bonds is 11. The van der Waals surface area contributed by atoms with Crippen LogP contribution in [0.2, 0.25) is 0 Å². The van der Waals surface area contributed by atoms with E-state index in [9.17, 15) is 0 Å². The van der Waals surface area contributed by atoms with Crippen molar-refractivity contribution in [3.63, 3.8) is 0 Å². The summed E-state index contributed by atoms with van der Waals surface area (Å²) in [6, 6.07) is 21.3. The van der Waals surface area contributed by atoms with Crippen LogP contribution in [0.3, 0.4) is 0 Å². The first-order chi connectivity index (χ1) is 21.0. The zero-order valence-corrected chi connectivity index (χ0v) is 30.7. The van der Waals surface area contributed by atoms with Crippen LogP contribution >= 0.6 is 0 Å². The van der Waals surface area contributed by atoms with Crippen molar-refractivity contribution >= 4 is 0 Å². The predicted molar refractivity (Wildman–Crippen MR) is 190 cm³/mol. The van der Waals surface area contributed by atoms with Gasteiger partial charge in [-0.25, -0.2) is 0 Å². The minimum absolute atomic E-state index is 0.000726. The molecular weight excluding hydrogens is 552 g/mol. The Labute approximate surface area is 277 Å². The molecule has 2 fully saturated rings. The molecule has 2 aromatic rings. The van der Waals surface area contributed by atoms with Crippen LogP contribution in [0.1, 0.15) is 157 Å². The monoisotopic (exact) mass is 619 g/mol. The van der Waals surface area contributed by atoms with Gasteiger partial charge in [0.15, 0.2) is 0 Å². The van der Waals surface area contributed by atoms with Gasteiger partial charge in [-0.1, -0.05) is 86.8 Å². The molecule has 2 aromatic carbocycles. The van der Waals surface area contributed by atoms with Gasteiger partial charge in [-0.15, -0.1) is 0 Å². The van der Waals surface area contributed by atoms with Gasteiger partial charge in [0.05, 0.1) is 0 Å². The molecular formula is C41H66N2O2. The Morgan fingerprint density at radius 3 is 1.56 bits per heavy atom. The molecule has 2 aliphatic heterocycles. The molecule has 2 heterocycles. The second-order valence-electron chi connectivity index (χ2n) is 17.2. The van der Waals surface area contributed by atoms with E-state index in [0.29, 0.717) is 11.8 Å². The molecule has 0 saturated carbocycles. The predicted octanol–water partition coefficient (Wildman–Crippen LogP) is 11.5. The van der Waals surface area contributed by atoms with E-state index in [-0.39, 0.29) is 34.4 Å². The molecule has 0 aliphatic carbocycles. The molecule has 0 aromatic heterocycles. The maximum absolute atomic E-state index is 6.80. The Bertz CT molecular complexity index is 1170. The Balaban J connectivity index is 1.34. The summed E-state index contributed by atoms with van der Waals surface area (Å²) in [6.07, 6.45) is 11.3. The normalized spacial score (nSPS) is 27.2. The highest BCUT2D eigenvalue weighted by molar-refractivity contribution is 5.17. The zero-order chi connectivity index (χ0) is 33.0. The quantitative estimate of drug-likeness (QED) is 0.250. The van der Waals surface area contributed by atoms with Crippen LogP contribution in [0, 0.1) is 17.8 Å². The van der Waals surface area contributed by atoms with Crippen molar-refractivity contribution in [2.45, 2.75) is 168 Å².